The number of anilines is 1. The van der Waals surface area contributed by atoms with E-state index in [1.54, 1.807) is 12.1 Å². The second-order valence-electron chi connectivity index (χ2n) is 7.27. The number of hydrogen-bond donors (Lipinski definition) is 3. The van der Waals surface area contributed by atoms with E-state index in [1.807, 2.05) is 42.5 Å². The molecule has 2 aromatic carbocycles. The van der Waals surface area contributed by atoms with Gasteiger partial charge in [-0.05, 0) is 67.7 Å². The number of nitrogens with two attached hydrogens (primary N) is 1. The van der Waals surface area contributed by atoms with Crippen LogP contribution in [-0.4, -0.2) is 27.2 Å². The van der Waals surface area contributed by atoms with Crippen molar-refractivity contribution in [2.45, 2.75) is 37.8 Å². The molecule has 3 aromatic rings. The largest absolute Gasteiger partial charge is 0.508 e. The summed E-state index contributed by atoms with van der Waals surface area (Å²) in [7, 11) is 0. The third-order valence-electron chi connectivity index (χ3n) is 5.10. The zero-order valence-corrected chi connectivity index (χ0v) is 16.2. The number of phenols is 1. The van der Waals surface area contributed by atoms with Crippen LogP contribution in [0.4, 0.5) is 5.82 Å². The Hall–Kier alpha value is -2.63. The van der Waals surface area contributed by atoms with Crippen LogP contribution in [0.5, 0.6) is 5.75 Å². The number of aromatic nitrogens is 2. The van der Waals surface area contributed by atoms with Crippen LogP contribution in [0.3, 0.4) is 0 Å². The highest BCUT2D eigenvalue weighted by Gasteiger charge is 2.20. The number of hydrogen-bond acceptors (Lipinski definition) is 5. The summed E-state index contributed by atoms with van der Waals surface area (Å²) in [6.45, 7) is 0. The predicted octanol–water partition coefficient (Wildman–Crippen LogP) is 4.84. The van der Waals surface area contributed by atoms with Crippen molar-refractivity contribution in [2.24, 2.45) is 5.73 Å². The Labute approximate surface area is 169 Å². The van der Waals surface area contributed by atoms with Gasteiger partial charge >= 0.3 is 0 Å². The summed E-state index contributed by atoms with van der Waals surface area (Å²) >= 11 is 5.94. The zero-order valence-electron chi connectivity index (χ0n) is 15.5. The van der Waals surface area contributed by atoms with Gasteiger partial charge in [0.1, 0.15) is 11.6 Å². The summed E-state index contributed by atoms with van der Waals surface area (Å²) in [5.74, 6) is 1.56. The van der Waals surface area contributed by atoms with Crippen LogP contribution < -0.4 is 11.1 Å². The average Bonchev–Trinajstić information content (AvgIpc) is 2.70. The number of aromatic hydroxyl groups is 1. The first-order valence-corrected chi connectivity index (χ1v) is 9.91. The molecule has 0 bridgehead atoms. The third-order valence-corrected chi connectivity index (χ3v) is 5.36. The number of nitrogens with one attached hydrogen (secondary N) is 1. The van der Waals surface area contributed by atoms with Crippen LogP contribution in [0.25, 0.3) is 23.1 Å². The van der Waals surface area contributed by atoms with Crippen molar-refractivity contribution < 1.29 is 5.11 Å². The lowest BCUT2D eigenvalue weighted by atomic mass is 9.92. The Bertz CT molecular complexity index is 995. The molecule has 1 aliphatic carbocycles. The lowest BCUT2D eigenvalue weighted by molar-refractivity contribution is 0.410. The monoisotopic (exact) mass is 394 g/mol. The van der Waals surface area contributed by atoms with Crippen molar-refractivity contribution in [3.63, 3.8) is 0 Å². The van der Waals surface area contributed by atoms with Crippen LogP contribution in [0.15, 0.2) is 42.5 Å². The molecule has 0 aliphatic heterocycles. The molecule has 0 atom stereocenters. The number of rotatable bonds is 4. The summed E-state index contributed by atoms with van der Waals surface area (Å²) in [5.41, 5.74) is 7.84. The smallest absolute Gasteiger partial charge is 0.154 e. The third kappa shape index (κ3) is 4.43. The van der Waals surface area contributed by atoms with E-state index in [0.717, 1.165) is 48.0 Å². The first-order chi connectivity index (χ1) is 13.6. The molecule has 5 nitrogen and oxygen atoms in total. The summed E-state index contributed by atoms with van der Waals surface area (Å²) in [5, 5.41) is 15.0. The fourth-order valence-electron chi connectivity index (χ4n) is 3.52. The van der Waals surface area contributed by atoms with E-state index in [1.165, 1.54) is 0 Å². The molecular formula is C22H23ClN4O. The van der Waals surface area contributed by atoms with E-state index in [-0.39, 0.29) is 5.75 Å². The maximum absolute atomic E-state index is 9.91. The Morgan fingerprint density at radius 3 is 2.50 bits per heavy atom. The van der Waals surface area contributed by atoms with Gasteiger partial charge in [-0.15, -0.1) is 0 Å². The van der Waals surface area contributed by atoms with Crippen molar-refractivity contribution in [3.8, 4) is 5.75 Å². The lowest BCUT2D eigenvalue weighted by Gasteiger charge is -2.27. The van der Waals surface area contributed by atoms with Crippen molar-refractivity contribution in [1.82, 2.24) is 9.97 Å². The van der Waals surface area contributed by atoms with E-state index >= 15 is 0 Å². The summed E-state index contributed by atoms with van der Waals surface area (Å²) in [4.78, 5) is 9.33. The highest BCUT2D eigenvalue weighted by atomic mass is 35.5. The molecule has 1 saturated carbocycles. The Balaban J connectivity index is 1.65. The molecule has 0 radical (unpaired) electrons. The molecule has 1 aliphatic rings. The van der Waals surface area contributed by atoms with E-state index in [2.05, 4.69) is 10.3 Å². The van der Waals surface area contributed by atoms with Gasteiger partial charge in [0.15, 0.2) is 5.82 Å². The standard InChI is InChI=1S/C22H23ClN4O/c23-15-4-1-14(2-5-15)3-12-21-26-20-11-10-18(28)13-19(20)22(27-21)25-17-8-6-16(24)7-9-17/h1-5,10-13,16-17,28H,6-9,24H2,(H,25,26,27)/b12-3-. The van der Waals surface area contributed by atoms with Gasteiger partial charge < -0.3 is 16.2 Å². The minimum Gasteiger partial charge on any atom is -0.508 e. The van der Waals surface area contributed by atoms with Gasteiger partial charge in [-0.1, -0.05) is 29.8 Å². The van der Waals surface area contributed by atoms with Gasteiger partial charge in [-0.25, -0.2) is 9.97 Å². The number of nitrogens with zero attached hydrogens (tertiary/aromatic N) is 2. The number of benzene rings is 2. The first-order valence-electron chi connectivity index (χ1n) is 9.53. The van der Waals surface area contributed by atoms with Gasteiger partial charge in [-0.2, -0.15) is 0 Å². The summed E-state index contributed by atoms with van der Waals surface area (Å²) < 4.78 is 0. The van der Waals surface area contributed by atoms with E-state index < -0.39 is 0 Å². The molecule has 1 fully saturated rings. The molecule has 1 aromatic heterocycles. The van der Waals surface area contributed by atoms with Gasteiger partial charge in [0.2, 0.25) is 0 Å². The van der Waals surface area contributed by atoms with E-state index in [0.29, 0.717) is 22.9 Å². The van der Waals surface area contributed by atoms with Crippen LogP contribution in [0, 0.1) is 0 Å². The molecular weight excluding hydrogens is 372 g/mol. The molecule has 0 spiro atoms. The van der Waals surface area contributed by atoms with Crippen LogP contribution >= 0.6 is 11.6 Å². The molecule has 28 heavy (non-hydrogen) atoms. The van der Waals surface area contributed by atoms with Crippen molar-refractivity contribution >= 4 is 40.5 Å². The normalized spacial score (nSPS) is 19.9. The van der Waals surface area contributed by atoms with Gasteiger partial charge in [0.25, 0.3) is 0 Å². The van der Waals surface area contributed by atoms with E-state index in [4.69, 9.17) is 22.3 Å². The van der Waals surface area contributed by atoms with Gasteiger partial charge in [-0.3, -0.25) is 0 Å². The number of fused-ring (bicyclic) bond motifs is 1. The second kappa shape index (κ2) is 8.17. The van der Waals surface area contributed by atoms with Crippen molar-refractivity contribution in [1.29, 1.82) is 0 Å². The molecule has 4 N–H and O–H groups in total. The topological polar surface area (TPSA) is 84.1 Å². The Morgan fingerprint density at radius 1 is 1.00 bits per heavy atom. The summed E-state index contributed by atoms with van der Waals surface area (Å²) in [6.07, 6.45) is 7.90. The zero-order chi connectivity index (χ0) is 19.5. The second-order valence-corrected chi connectivity index (χ2v) is 7.71. The van der Waals surface area contributed by atoms with Gasteiger partial charge in [0, 0.05) is 22.5 Å². The molecule has 0 amide bonds. The van der Waals surface area contributed by atoms with Crippen LogP contribution in [0.2, 0.25) is 5.02 Å². The minimum atomic E-state index is 0.203. The SMILES string of the molecule is NC1CCC(Nc2nc(/C=C\c3ccc(Cl)cc3)nc3ccc(O)cc23)CC1. The van der Waals surface area contributed by atoms with Crippen LogP contribution in [-0.2, 0) is 0 Å². The minimum absolute atomic E-state index is 0.203. The Morgan fingerprint density at radius 2 is 1.75 bits per heavy atom. The average molecular weight is 395 g/mol. The number of halogens is 1. The molecule has 1 heterocycles. The first kappa shape index (κ1) is 18.7. The maximum atomic E-state index is 9.91. The fourth-order valence-corrected chi connectivity index (χ4v) is 3.65. The fraction of sp³-hybridized carbons (Fsp3) is 0.273. The highest BCUT2D eigenvalue weighted by Crippen LogP contribution is 2.28. The maximum Gasteiger partial charge on any atom is 0.154 e. The molecule has 144 valence electrons. The quantitative estimate of drug-likeness (QED) is 0.589. The molecule has 0 unspecified atom stereocenters. The molecule has 0 saturated heterocycles. The lowest BCUT2D eigenvalue weighted by Crippen LogP contribution is -2.33. The summed E-state index contributed by atoms with van der Waals surface area (Å²) in [6, 6.07) is 13.4. The van der Waals surface area contributed by atoms with E-state index in [9.17, 15) is 5.11 Å². The van der Waals surface area contributed by atoms with Crippen molar-refractivity contribution in [2.75, 3.05) is 5.32 Å². The van der Waals surface area contributed by atoms with Crippen LogP contribution in [0.1, 0.15) is 37.1 Å². The predicted molar refractivity (Wildman–Crippen MR) is 115 cm³/mol. The van der Waals surface area contributed by atoms with Crippen molar-refractivity contribution in [3.05, 3.63) is 58.9 Å². The molecule has 4 rings (SSSR count). The molecule has 6 heteroatoms. The highest BCUT2D eigenvalue weighted by molar-refractivity contribution is 6.30. The number of phenolic OH excluding ortho intramolecular Hbond substituents is 1. The Kier molecular flexibility index (Phi) is 5.46. The van der Waals surface area contributed by atoms with Gasteiger partial charge in [0.05, 0.1) is 5.52 Å².